The first-order valence-electron chi connectivity index (χ1n) is 9.86. The van der Waals surface area contributed by atoms with E-state index in [1.807, 2.05) is 0 Å². The SMILES string of the molecule is CN=C(NCCOc1cccc(F)c1)NCc1ccc(CN2CCCC2)cc1. The number of hydrogen-bond donors (Lipinski definition) is 2. The van der Waals surface area contributed by atoms with E-state index < -0.39 is 0 Å². The number of guanidine groups is 1. The molecule has 0 spiro atoms. The van der Waals surface area contributed by atoms with Crippen LogP contribution in [0.1, 0.15) is 24.0 Å². The lowest BCUT2D eigenvalue weighted by Gasteiger charge is -2.15. The summed E-state index contributed by atoms with van der Waals surface area (Å²) >= 11 is 0. The molecule has 6 heteroatoms. The average Bonchev–Trinajstić information content (AvgIpc) is 3.22. The van der Waals surface area contributed by atoms with Crippen LogP contribution in [0.15, 0.2) is 53.5 Å². The van der Waals surface area contributed by atoms with E-state index in [0.29, 0.717) is 31.4 Å². The van der Waals surface area contributed by atoms with E-state index in [1.165, 1.54) is 49.2 Å². The number of rotatable bonds is 8. The Hall–Kier alpha value is -2.60. The summed E-state index contributed by atoms with van der Waals surface area (Å²) in [5.41, 5.74) is 2.58. The van der Waals surface area contributed by atoms with Crippen molar-refractivity contribution < 1.29 is 9.13 Å². The highest BCUT2D eigenvalue weighted by Crippen LogP contribution is 2.13. The zero-order valence-corrected chi connectivity index (χ0v) is 16.5. The highest BCUT2D eigenvalue weighted by atomic mass is 19.1. The summed E-state index contributed by atoms with van der Waals surface area (Å²) in [4.78, 5) is 6.72. The molecule has 0 aromatic heterocycles. The number of aliphatic imine (C=N–C) groups is 1. The van der Waals surface area contributed by atoms with Crippen LogP contribution in [-0.4, -0.2) is 44.1 Å². The van der Waals surface area contributed by atoms with Crippen molar-refractivity contribution in [2.45, 2.75) is 25.9 Å². The minimum Gasteiger partial charge on any atom is -0.492 e. The van der Waals surface area contributed by atoms with Crippen LogP contribution >= 0.6 is 0 Å². The van der Waals surface area contributed by atoms with Gasteiger partial charge in [-0.15, -0.1) is 0 Å². The van der Waals surface area contributed by atoms with Gasteiger partial charge in [-0.2, -0.15) is 0 Å². The van der Waals surface area contributed by atoms with Crippen LogP contribution < -0.4 is 15.4 Å². The number of halogens is 1. The third kappa shape index (κ3) is 6.53. The van der Waals surface area contributed by atoms with Crippen LogP contribution in [0.2, 0.25) is 0 Å². The molecule has 1 fully saturated rings. The first-order chi connectivity index (χ1) is 13.7. The molecule has 2 aromatic carbocycles. The van der Waals surface area contributed by atoms with Crippen molar-refractivity contribution in [3.63, 3.8) is 0 Å². The second kappa shape index (κ2) is 10.7. The van der Waals surface area contributed by atoms with Gasteiger partial charge >= 0.3 is 0 Å². The first-order valence-corrected chi connectivity index (χ1v) is 9.86. The molecule has 3 rings (SSSR count). The van der Waals surface area contributed by atoms with E-state index in [9.17, 15) is 4.39 Å². The third-order valence-electron chi connectivity index (χ3n) is 4.77. The van der Waals surface area contributed by atoms with Gasteiger partial charge in [0.1, 0.15) is 18.2 Å². The van der Waals surface area contributed by atoms with Crippen molar-refractivity contribution >= 4 is 5.96 Å². The van der Waals surface area contributed by atoms with E-state index >= 15 is 0 Å². The second-order valence-electron chi connectivity index (χ2n) is 6.96. The number of nitrogens with one attached hydrogen (secondary N) is 2. The standard InChI is InChI=1S/C22H29FN4O/c1-24-22(25-11-14-28-21-6-4-5-20(23)15-21)26-16-18-7-9-19(10-8-18)17-27-12-2-3-13-27/h4-10,15H,2-3,11-14,16-17H2,1H3,(H2,24,25,26). The first kappa shape index (κ1) is 20.1. The van der Waals surface area contributed by atoms with Crippen molar-refractivity contribution in [3.8, 4) is 5.75 Å². The number of ether oxygens (including phenoxy) is 1. The van der Waals surface area contributed by atoms with Crippen molar-refractivity contribution in [2.24, 2.45) is 4.99 Å². The van der Waals surface area contributed by atoms with Crippen molar-refractivity contribution in [1.29, 1.82) is 0 Å². The molecule has 28 heavy (non-hydrogen) atoms. The molecule has 0 atom stereocenters. The maximum absolute atomic E-state index is 13.1. The monoisotopic (exact) mass is 384 g/mol. The smallest absolute Gasteiger partial charge is 0.191 e. The van der Waals surface area contributed by atoms with Gasteiger partial charge in [-0.3, -0.25) is 9.89 Å². The van der Waals surface area contributed by atoms with Gasteiger partial charge in [0.25, 0.3) is 0 Å². The van der Waals surface area contributed by atoms with Crippen LogP contribution in [-0.2, 0) is 13.1 Å². The maximum atomic E-state index is 13.1. The zero-order valence-electron chi connectivity index (χ0n) is 16.5. The Morgan fingerprint density at radius 2 is 1.82 bits per heavy atom. The topological polar surface area (TPSA) is 48.9 Å². The molecule has 5 nitrogen and oxygen atoms in total. The van der Waals surface area contributed by atoms with E-state index in [4.69, 9.17) is 4.74 Å². The van der Waals surface area contributed by atoms with Crippen molar-refractivity contribution in [1.82, 2.24) is 15.5 Å². The quantitative estimate of drug-likeness (QED) is 0.417. The van der Waals surface area contributed by atoms with E-state index in [2.05, 4.69) is 44.8 Å². The molecule has 0 radical (unpaired) electrons. The fourth-order valence-corrected chi connectivity index (χ4v) is 3.26. The van der Waals surface area contributed by atoms with E-state index in [-0.39, 0.29) is 5.82 Å². The van der Waals surface area contributed by atoms with Crippen LogP contribution in [0.4, 0.5) is 4.39 Å². The van der Waals surface area contributed by atoms with Gasteiger partial charge in [0.2, 0.25) is 0 Å². The lowest BCUT2D eigenvalue weighted by molar-refractivity contribution is 0.320. The minimum absolute atomic E-state index is 0.297. The molecule has 0 saturated carbocycles. The second-order valence-corrected chi connectivity index (χ2v) is 6.96. The van der Waals surface area contributed by atoms with Gasteiger partial charge in [-0.25, -0.2) is 4.39 Å². The highest BCUT2D eigenvalue weighted by molar-refractivity contribution is 5.79. The number of likely N-dealkylation sites (tertiary alicyclic amines) is 1. The molecular formula is C22H29FN4O. The van der Waals surface area contributed by atoms with Gasteiger partial charge in [0.15, 0.2) is 5.96 Å². The Morgan fingerprint density at radius 1 is 1.07 bits per heavy atom. The van der Waals surface area contributed by atoms with Crippen molar-refractivity contribution in [3.05, 3.63) is 65.5 Å². The molecule has 0 unspecified atom stereocenters. The van der Waals surface area contributed by atoms with E-state index in [0.717, 1.165) is 6.54 Å². The maximum Gasteiger partial charge on any atom is 0.191 e. The molecule has 0 amide bonds. The Kier molecular flexibility index (Phi) is 7.67. The summed E-state index contributed by atoms with van der Waals surface area (Å²) in [6.07, 6.45) is 2.64. The molecule has 0 aliphatic carbocycles. The molecule has 0 bridgehead atoms. The average molecular weight is 384 g/mol. The predicted molar refractivity (Wildman–Crippen MR) is 111 cm³/mol. The van der Waals surface area contributed by atoms with Crippen LogP contribution in [0.3, 0.4) is 0 Å². The van der Waals surface area contributed by atoms with Gasteiger partial charge < -0.3 is 15.4 Å². The Balaban J connectivity index is 1.36. The summed E-state index contributed by atoms with van der Waals surface area (Å²) in [5, 5.41) is 6.50. The highest BCUT2D eigenvalue weighted by Gasteiger charge is 2.11. The van der Waals surface area contributed by atoms with Crippen LogP contribution in [0.5, 0.6) is 5.75 Å². The summed E-state index contributed by atoms with van der Waals surface area (Å²) in [6, 6.07) is 14.9. The van der Waals surface area contributed by atoms with E-state index in [1.54, 1.807) is 19.2 Å². The lowest BCUT2D eigenvalue weighted by atomic mass is 10.1. The molecule has 1 aliphatic rings. The molecule has 2 aromatic rings. The third-order valence-corrected chi connectivity index (χ3v) is 4.77. The predicted octanol–water partition coefficient (Wildman–Crippen LogP) is 3.17. The fourth-order valence-electron chi connectivity index (χ4n) is 3.26. The zero-order chi connectivity index (χ0) is 19.6. The van der Waals surface area contributed by atoms with Gasteiger partial charge in [0.05, 0.1) is 6.54 Å². The fraction of sp³-hybridized carbons (Fsp3) is 0.409. The number of benzene rings is 2. The molecule has 150 valence electrons. The number of nitrogens with zero attached hydrogens (tertiary/aromatic N) is 2. The molecule has 1 heterocycles. The van der Waals surface area contributed by atoms with Crippen LogP contribution in [0, 0.1) is 5.82 Å². The molecule has 1 saturated heterocycles. The summed E-state index contributed by atoms with van der Waals surface area (Å²) in [7, 11) is 1.74. The summed E-state index contributed by atoms with van der Waals surface area (Å²) < 4.78 is 18.6. The molecule has 2 N–H and O–H groups in total. The molecule has 1 aliphatic heterocycles. The number of hydrogen-bond acceptors (Lipinski definition) is 3. The Labute approximate surface area is 166 Å². The lowest BCUT2D eigenvalue weighted by Crippen LogP contribution is -2.38. The van der Waals surface area contributed by atoms with Gasteiger partial charge in [-0.1, -0.05) is 30.3 Å². The minimum atomic E-state index is -0.297. The van der Waals surface area contributed by atoms with Gasteiger partial charge in [-0.05, 0) is 49.2 Å². The summed E-state index contributed by atoms with van der Waals surface area (Å²) in [5.74, 6) is 0.942. The van der Waals surface area contributed by atoms with Gasteiger partial charge in [0, 0.05) is 26.2 Å². The largest absolute Gasteiger partial charge is 0.492 e. The van der Waals surface area contributed by atoms with Crippen molar-refractivity contribution in [2.75, 3.05) is 33.3 Å². The van der Waals surface area contributed by atoms with Crippen LogP contribution in [0.25, 0.3) is 0 Å². The Bertz CT molecular complexity index is 757. The molecular weight excluding hydrogens is 355 g/mol. The Morgan fingerprint density at radius 3 is 2.54 bits per heavy atom. The summed E-state index contributed by atoms with van der Waals surface area (Å²) in [6.45, 7) is 5.18. The normalized spacial score (nSPS) is 14.9.